The Hall–Kier alpha value is -1.80. The van der Waals surface area contributed by atoms with E-state index in [2.05, 4.69) is 29.3 Å². The predicted octanol–water partition coefficient (Wildman–Crippen LogP) is 7.49. The molecule has 0 N–H and O–H groups in total. The summed E-state index contributed by atoms with van der Waals surface area (Å²) in [4.78, 5) is 4.58. The van der Waals surface area contributed by atoms with E-state index in [1.54, 1.807) is 12.1 Å². The summed E-state index contributed by atoms with van der Waals surface area (Å²) in [7, 11) is 0. The van der Waals surface area contributed by atoms with E-state index in [-0.39, 0.29) is 6.04 Å². The van der Waals surface area contributed by atoms with Gasteiger partial charge >= 0.3 is 0 Å². The van der Waals surface area contributed by atoms with Crippen molar-refractivity contribution in [3.63, 3.8) is 0 Å². The molecule has 0 aliphatic heterocycles. The quantitative estimate of drug-likeness (QED) is 0.410. The highest BCUT2D eigenvalue weighted by atomic mass is 35.5. The maximum Gasteiger partial charge on any atom is 0.0750 e. The van der Waals surface area contributed by atoms with Gasteiger partial charge in [0.05, 0.1) is 6.04 Å². The number of rotatable bonds is 4. The molecule has 1 atom stereocenters. The molecule has 0 bridgehead atoms. The lowest BCUT2D eigenvalue weighted by Crippen LogP contribution is -1.94. The van der Waals surface area contributed by atoms with Crippen molar-refractivity contribution >= 4 is 41.0 Å². The van der Waals surface area contributed by atoms with Gasteiger partial charge in [0, 0.05) is 26.8 Å². The van der Waals surface area contributed by atoms with Crippen LogP contribution in [0.25, 0.3) is 11.1 Å². The van der Waals surface area contributed by atoms with E-state index >= 15 is 0 Å². The fourth-order valence-electron chi connectivity index (χ4n) is 2.62. The summed E-state index contributed by atoms with van der Waals surface area (Å²) in [6.07, 6.45) is 1.83. The number of nitrogens with zero attached hydrogens (tertiary/aromatic N) is 1. The van der Waals surface area contributed by atoms with Gasteiger partial charge in [-0.15, -0.1) is 0 Å². The molecule has 126 valence electrons. The summed E-state index contributed by atoms with van der Waals surface area (Å²) < 4.78 is 0. The van der Waals surface area contributed by atoms with Crippen molar-refractivity contribution in [2.24, 2.45) is 4.99 Å². The molecule has 0 aliphatic carbocycles. The van der Waals surface area contributed by atoms with Crippen molar-refractivity contribution in [3.05, 3.63) is 92.9 Å². The van der Waals surface area contributed by atoms with Crippen molar-refractivity contribution in [1.82, 2.24) is 0 Å². The van der Waals surface area contributed by atoms with Crippen molar-refractivity contribution in [1.29, 1.82) is 0 Å². The Morgan fingerprint density at radius 2 is 1.36 bits per heavy atom. The predicted molar refractivity (Wildman–Crippen MR) is 109 cm³/mol. The molecular formula is C21H16Cl3N. The first kappa shape index (κ1) is 18.0. The highest BCUT2D eigenvalue weighted by Gasteiger charge is 2.13. The molecule has 0 radical (unpaired) electrons. The summed E-state index contributed by atoms with van der Waals surface area (Å²) in [6, 6.07) is 21.7. The third-order valence-corrected chi connectivity index (χ3v) is 4.77. The molecule has 0 aliphatic rings. The average Bonchev–Trinajstić information content (AvgIpc) is 2.60. The van der Waals surface area contributed by atoms with Crippen LogP contribution in [0.3, 0.4) is 0 Å². The average molecular weight is 389 g/mol. The first-order valence-corrected chi connectivity index (χ1v) is 9.01. The van der Waals surface area contributed by atoms with Crippen LogP contribution >= 0.6 is 34.8 Å². The van der Waals surface area contributed by atoms with Gasteiger partial charge in [-0.25, -0.2) is 0 Å². The van der Waals surface area contributed by atoms with Gasteiger partial charge in [-0.05, 0) is 35.7 Å². The summed E-state index contributed by atoms with van der Waals surface area (Å²) in [5.41, 5.74) is 4.17. The van der Waals surface area contributed by atoms with E-state index in [0.717, 1.165) is 11.1 Å². The lowest BCUT2D eigenvalue weighted by atomic mass is 10.0. The van der Waals surface area contributed by atoms with Crippen LogP contribution in [0.15, 0.2) is 71.7 Å². The second kappa shape index (κ2) is 8.05. The minimum absolute atomic E-state index is 0.161. The van der Waals surface area contributed by atoms with Crippen molar-refractivity contribution < 1.29 is 0 Å². The normalized spacial score (nSPS) is 12.5. The van der Waals surface area contributed by atoms with Crippen LogP contribution < -0.4 is 0 Å². The molecule has 0 fully saturated rings. The summed E-state index contributed by atoms with van der Waals surface area (Å²) in [6.45, 7) is 1.95. The molecule has 0 amide bonds. The van der Waals surface area contributed by atoms with Gasteiger partial charge in [-0.2, -0.15) is 0 Å². The minimum Gasteiger partial charge on any atom is -0.285 e. The van der Waals surface area contributed by atoms with Gasteiger partial charge in [0.1, 0.15) is 0 Å². The Labute approximate surface area is 162 Å². The van der Waals surface area contributed by atoms with Gasteiger partial charge in [-0.1, -0.05) is 89.4 Å². The van der Waals surface area contributed by atoms with E-state index in [1.165, 1.54) is 11.1 Å². The second-order valence-electron chi connectivity index (χ2n) is 5.73. The molecular weight excluding hydrogens is 373 g/mol. The lowest BCUT2D eigenvalue weighted by molar-refractivity contribution is 0.826. The van der Waals surface area contributed by atoms with E-state index in [9.17, 15) is 0 Å². The highest BCUT2D eigenvalue weighted by Crippen LogP contribution is 2.35. The molecule has 4 heteroatoms. The van der Waals surface area contributed by atoms with Crippen LogP contribution in [0, 0.1) is 0 Å². The van der Waals surface area contributed by atoms with E-state index < -0.39 is 0 Å². The Balaban J connectivity index is 1.78. The second-order valence-corrected chi connectivity index (χ2v) is 6.98. The lowest BCUT2D eigenvalue weighted by Gasteiger charge is -2.12. The van der Waals surface area contributed by atoms with Gasteiger partial charge < -0.3 is 0 Å². The van der Waals surface area contributed by atoms with Gasteiger partial charge in [0.25, 0.3) is 0 Å². The van der Waals surface area contributed by atoms with E-state index in [0.29, 0.717) is 15.1 Å². The van der Waals surface area contributed by atoms with Gasteiger partial charge in [0.2, 0.25) is 0 Å². The Bertz CT molecular complexity index is 864. The summed E-state index contributed by atoms with van der Waals surface area (Å²) in [5, 5.41) is 1.58. The van der Waals surface area contributed by atoms with Crippen molar-refractivity contribution in [2.75, 3.05) is 0 Å². The van der Waals surface area contributed by atoms with Crippen molar-refractivity contribution in [2.45, 2.75) is 13.0 Å². The molecule has 0 spiro atoms. The third kappa shape index (κ3) is 4.43. The van der Waals surface area contributed by atoms with Crippen LogP contribution in [0.2, 0.25) is 15.1 Å². The van der Waals surface area contributed by atoms with Crippen molar-refractivity contribution in [3.8, 4) is 11.1 Å². The smallest absolute Gasteiger partial charge is 0.0750 e. The number of benzene rings is 3. The molecule has 3 aromatic carbocycles. The van der Waals surface area contributed by atoms with Gasteiger partial charge in [0.15, 0.2) is 0 Å². The zero-order valence-electron chi connectivity index (χ0n) is 13.6. The Morgan fingerprint density at radius 3 is 1.96 bits per heavy atom. The zero-order valence-corrected chi connectivity index (χ0v) is 15.9. The number of halogens is 3. The molecule has 3 aromatic rings. The molecule has 0 saturated carbocycles. The Morgan fingerprint density at radius 1 is 0.800 bits per heavy atom. The summed E-state index contributed by atoms with van der Waals surface area (Å²) in [5.74, 6) is 0. The highest BCUT2D eigenvalue weighted by molar-refractivity contribution is 6.39. The monoisotopic (exact) mass is 387 g/mol. The third-order valence-electron chi connectivity index (χ3n) is 3.93. The SMILES string of the molecule is CC(/N=C\c1ccc(-c2ccccc2)cc1)c1c(Cl)cc(Cl)cc1Cl. The standard InChI is InChI=1S/C21H16Cl3N/c1-14(21-19(23)11-18(22)12-20(21)24)25-13-15-7-9-17(10-8-15)16-5-3-2-4-6-16/h2-14H,1H3/b25-13-. The van der Waals surface area contributed by atoms with Crippen LogP contribution in [0.5, 0.6) is 0 Å². The van der Waals surface area contributed by atoms with Crippen LogP contribution in [-0.4, -0.2) is 6.21 Å². The molecule has 0 aromatic heterocycles. The minimum atomic E-state index is -0.161. The summed E-state index contributed by atoms with van der Waals surface area (Å²) >= 11 is 18.5. The zero-order chi connectivity index (χ0) is 17.8. The van der Waals surface area contributed by atoms with Crippen LogP contribution in [-0.2, 0) is 0 Å². The van der Waals surface area contributed by atoms with E-state index in [4.69, 9.17) is 34.8 Å². The Kier molecular flexibility index (Phi) is 5.80. The largest absolute Gasteiger partial charge is 0.285 e. The van der Waals surface area contributed by atoms with Crippen LogP contribution in [0.4, 0.5) is 0 Å². The number of aliphatic imine (C=N–C) groups is 1. The maximum absolute atomic E-state index is 6.26. The van der Waals surface area contributed by atoms with Crippen LogP contribution in [0.1, 0.15) is 24.1 Å². The maximum atomic E-state index is 6.26. The molecule has 25 heavy (non-hydrogen) atoms. The first-order valence-electron chi connectivity index (χ1n) is 7.87. The number of hydrogen-bond donors (Lipinski definition) is 0. The number of hydrogen-bond acceptors (Lipinski definition) is 1. The first-order chi connectivity index (χ1) is 12.0. The fraction of sp³-hybridized carbons (Fsp3) is 0.0952. The topological polar surface area (TPSA) is 12.4 Å². The molecule has 0 saturated heterocycles. The molecule has 1 nitrogen and oxygen atoms in total. The molecule has 1 unspecified atom stereocenters. The fourth-order valence-corrected chi connectivity index (χ4v) is 3.75. The van der Waals surface area contributed by atoms with Gasteiger partial charge in [-0.3, -0.25) is 4.99 Å². The molecule has 3 rings (SSSR count). The van der Waals surface area contributed by atoms with E-state index in [1.807, 2.05) is 43.5 Å². The molecule has 0 heterocycles.